The molecule has 22 rings (SSSR count). The molecule has 20 aromatic rings. The van der Waals surface area contributed by atoms with Gasteiger partial charge in [-0.2, -0.15) is 0 Å². The molecule has 2 aliphatic heterocycles. The van der Waals surface area contributed by atoms with Gasteiger partial charge in [-0.25, -0.2) is 0 Å². The molecule has 0 bridgehead atoms. The molecule has 0 atom stereocenters. The van der Waals surface area contributed by atoms with Crippen LogP contribution in [0.2, 0.25) is 0 Å². The summed E-state index contributed by atoms with van der Waals surface area (Å²) in [6, 6.07) is 89.2. The molecule has 2 aliphatic rings. The Morgan fingerprint density at radius 3 is 1.16 bits per heavy atom. The molecule has 17 aromatic carbocycles. The molecule has 3 aromatic heterocycles. The summed E-state index contributed by atoms with van der Waals surface area (Å²) in [5, 5.41) is 2.39. The second kappa shape index (κ2) is 27.2. The smallest absolute Gasteiger partial charge is 0.252 e. The first-order chi connectivity index (χ1) is 64.4. The second-order valence-electron chi connectivity index (χ2n) is 32.4. The van der Waals surface area contributed by atoms with Crippen LogP contribution in [0.4, 0.5) is 51.2 Å². The maximum Gasteiger partial charge on any atom is 0.252 e. The quantitative estimate of drug-likeness (QED) is 0.114. The third-order valence-corrected chi connectivity index (χ3v) is 23.5. The summed E-state index contributed by atoms with van der Waals surface area (Å²) in [6.45, 7) is 12.6. The van der Waals surface area contributed by atoms with E-state index in [2.05, 4.69) is 202 Å². The van der Waals surface area contributed by atoms with Crippen molar-refractivity contribution in [2.45, 2.75) is 52.4 Å². The number of para-hydroxylation sites is 6. The molecule has 0 unspecified atom stereocenters. The third kappa shape index (κ3) is 11.4. The van der Waals surface area contributed by atoms with Gasteiger partial charge in [0.15, 0.2) is 0 Å². The molecule has 0 fully saturated rings. The van der Waals surface area contributed by atoms with Crippen LogP contribution >= 0.6 is 0 Å². The SMILES string of the molecule is [2H]c1c([2H])c([2H])c(N(c2ccccc2)c2ccc3c(c2)c2c([2H])c([2H])c([2H])c([2H])c2n3-c2ccc3c(c2)N(c2c(-c4ccccc4)cccc2-c2ccccc2)c2cc(-n4c5c([2H])c([2H])c([2H])c([2H])c5c5c([2H])c([2H])c([2H])c([2H])c54)cc4c2B3c2ccc(-n3c5ccc(C(C)(C)C)cc5c5cc(C(C)(C)C)ccc53)cc2N4c2cc(-c3ccccc3)cc(-c3ccccc3)c2)c([2H])c1[2H]. The van der Waals surface area contributed by atoms with E-state index in [4.69, 9.17) is 4.11 Å². The molecular weight excluding hydrogens is 1420 g/mol. The van der Waals surface area contributed by atoms with Gasteiger partial charge in [0.05, 0.1) is 67.8 Å². The molecule has 5 heterocycles. The fourth-order valence-corrected chi connectivity index (χ4v) is 18.1. The second-order valence-corrected chi connectivity index (χ2v) is 32.4. The van der Waals surface area contributed by atoms with E-state index < -0.39 is 97.3 Å². The van der Waals surface area contributed by atoms with Crippen molar-refractivity contribution in [3.8, 4) is 61.6 Å². The van der Waals surface area contributed by atoms with Crippen molar-refractivity contribution in [2.24, 2.45) is 0 Å². The highest BCUT2D eigenvalue weighted by molar-refractivity contribution is 7.00. The average molecular weight is 1520 g/mol. The minimum atomic E-state index is -0.775. The van der Waals surface area contributed by atoms with Crippen LogP contribution in [-0.4, -0.2) is 20.4 Å². The van der Waals surface area contributed by atoms with Gasteiger partial charge in [0.25, 0.3) is 6.71 Å². The fraction of sp³-hybridized carbons (Fsp3) is 0.0727. The van der Waals surface area contributed by atoms with Crippen molar-refractivity contribution in [1.82, 2.24) is 13.7 Å². The zero-order chi connectivity index (χ0) is 93.2. The Morgan fingerprint density at radius 1 is 0.265 bits per heavy atom. The molecule has 0 N–H and O–H groups in total. The lowest BCUT2D eigenvalue weighted by Gasteiger charge is -2.45. The Kier molecular flexibility index (Phi) is 12.4. The lowest BCUT2D eigenvalue weighted by Crippen LogP contribution is -2.61. The molecule has 0 amide bonds. The van der Waals surface area contributed by atoms with Gasteiger partial charge in [-0.3, -0.25) is 0 Å². The minimum absolute atomic E-state index is 0.0984. The van der Waals surface area contributed by atoms with Gasteiger partial charge in [0.1, 0.15) is 0 Å². The summed E-state index contributed by atoms with van der Waals surface area (Å²) < 4.78 is 169. The van der Waals surface area contributed by atoms with Gasteiger partial charge in [-0.05, 0) is 211 Å². The Hall–Kier alpha value is -14.4. The fourth-order valence-electron chi connectivity index (χ4n) is 18.1. The van der Waals surface area contributed by atoms with Crippen molar-refractivity contribution in [3.05, 3.63) is 405 Å². The van der Waals surface area contributed by atoms with Crippen molar-refractivity contribution < 1.29 is 23.3 Å². The monoisotopic (exact) mass is 1520 g/mol. The van der Waals surface area contributed by atoms with Crippen molar-refractivity contribution in [1.29, 1.82) is 0 Å². The van der Waals surface area contributed by atoms with Gasteiger partial charge in [0.2, 0.25) is 0 Å². The largest absolute Gasteiger partial charge is 0.311 e. The molecule has 117 heavy (non-hydrogen) atoms. The van der Waals surface area contributed by atoms with E-state index in [1.54, 1.807) is 51.9 Å². The van der Waals surface area contributed by atoms with E-state index in [9.17, 15) is 19.2 Å². The van der Waals surface area contributed by atoms with Crippen LogP contribution < -0.4 is 31.1 Å². The number of hydrogen-bond donors (Lipinski definition) is 0. The van der Waals surface area contributed by atoms with Crippen molar-refractivity contribution in [3.63, 3.8) is 0 Å². The molecule has 0 aliphatic carbocycles. The van der Waals surface area contributed by atoms with Gasteiger partial charge in [0, 0.05) is 100 Å². The third-order valence-electron chi connectivity index (χ3n) is 23.5. The minimum Gasteiger partial charge on any atom is -0.311 e. The number of benzene rings is 17. The van der Waals surface area contributed by atoms with Crippen LogP contribution in [0.15, 0.2) is 394 Å². The van der Waals surface area contributed by atoms with Crippen LogP contribution in [0.1, 0.15) is 76.0 Å². The lowest BCUT2D eigenvalue weighted by atomic mass is 9.33. The highest BCUT2D eigenvalue weighted by Crippen LogP contribution is 2.54. The van der Waals surface area contributed by atoms with Crippen LogP contribution in [0.25, 0.3) is 127 Å². The van der Waals surface area contributed by atoms with E-state index in [0.29, 0.717) is 56.4 Å². The van der Waals surface area contributed by atoms with Crippen molar-refractivity contribution >= 4 is 140 Å². The van der Waals surface area contributed by atoms with E-state index in [1.165, 1.54) is 11.1 Å². The Bertz CT molecular complexity index is 8150. The first kappa shape index (κ1) is 53.6. The van der Waals surface area contributed by atoms with Gasteiger partial charge in [-0.1, -0.05) is 296 Å². The Morgan fingerprint density at radius 2 is 0.667 bits per heavy atom. The molecule has 7 heteroatoms. The number of fused-ring (bicyclic) bond motifs is 13. The normalized spacial score (nSPS) is 14.7. The van der Waals surface area contributed by atoms with E-state index in [0.717, 1.165) is 94.1 Å². The summed E-state index contributed by atoms with van der Waals surface area (Å²) in [6.07, 6.45) is 0. The Balaban J connectivity index is 0.929. The first-order valence-corrected chi connectivity index (χ1v) is 39.5. The molecule has 6 nitrogen and oxygen atoms in total. The zero-order valence-corrected chi connectivity index (χ0v) is 65.0. The first-order valence-electron chi connectivity index (χ1n) is 48.0. The molecular formula is C110H83BN6. The highest BCUT2D eigenvalue weighted by Gasteiger charge is 2.46. The van der Waals surface area contributed by atoms with Crippen LogP contribution in [0, 0.1) is 0 Å². The topological polar surface area (TPSA) is 24.5 Å². The number of rotatable bonds is 12. The summed E-state index contributed by atoms with van der Waals surface area (Å²) in [4.78, 5) is 6.11. The number of aromatic nitrogens is 3. The van der Waals surface area contributed by atoms with E-state index in [-0.39, 0.29) is 67.0 Å². The predicted octanol–water partition coefficient (Wildman–Crippen LogP) is 27.8. The summed E-state index contributed by atoms with van der Waals surface area (Å²) in [7, 11) is 0. The number of hydrogen-bond acceptors (Lipinski definition) is 3. The van der Waals surface area contributed by atoms with Crippen LogP contribution in [-0.2, 0) is 10.8 Å². The lowest BCUT2D eigenvalue weighted by molar-refractivity contribution is 0.590. The predicted molar refractivity (Wildman–Crippen MR) is 497 cm³/mol. The summed E-state index contributed by atoms with van der Waals surface area (Å²) in [5.41, 5.74) is 19.2. The van der Waals surface area contributed by atoms with Crippen LogP contribution in [0.5, 0.6) is 0 Å². The summed E-state index contributed by atoms with van der Waals surface area (Å²) >= 11 is 0. The molecule has 0 saturated carbocycles. The standard InChI is InChI=1S/C110H83BN6/c1-109(2,3)78-52-59-100-92(65-78)93-66-79(110(4,5)6)53-60-101(93)114(100)83-54-57-95-103(68-83)116(85-63-76(72-32-13-7-14-33-72)62-77(64-85)73-34-15-8-16-35-73)105-70-86(115-97-49-28-25-44-89(97)90-45-26-29-50-98(90)115)71-106-107(105)111(95)96-58-55-84(69-104(96)117(106)108-87(74-36-17-9-18-37-74)47-31-48-88(108)75-38-19-10-20-39-75)113-99-51-30-27-46-91(99)94-67-82(56-61-102(94)113)112(80-40-21-11-22-41-80)81-42-23-12-24-43-81/h7-71H,1-6H3/i11D,21D,22D,25D,26D,27D,28D,29D,30D,40D,41D,44D,45D,46D,49D,50D,51D. The Labute approximate surface area is 706 Å². The molecule has 0 radical (unpaired) electrons. The number of anilines is 9. The van der Waals surface area contributed by atoms with E-state index in [1.807, 2.05) is 108 Å². The van der Waals surface area contributed by atoms with E-state index >= 15 is 0 Å². The molecule has 556 valence electrons. The van der Waals surface area contributed by atoms with Gasteiger partial charge in [-0.15, -0.1) is 0 Å². The van der Waals surface area contributed by atoms with Crippen molar-refractivity contribution in [2.75, 3.05) is 14.7 Å². The zero-order valence-electron chi connectivity index (χ0n) is 82.0. The average Bonchev–Trinajstić information content (AvgIpc) is 1.62. The number of nitrogens with zero attached hydrogens (tertiary/aromatic N) is 6. The maximum atomic E-state index is 10.3. The highest BCUT2D eigenvalue weighted by atomic mass is 15.2. The van der Waals surface area contributed by atoms with Crippen LogP contribution in [0.3, 0.4) is 0 Å². The maximum absolute atomic E-state index is 10.3. The van der Waals surface area contributed by atoms with Gasteiger partial charge >= 0.3 is 0 Å². The van der Waals surface area contributed by atoms with Gasteiger partial charge < -0.3 is 28.4 Å². The molecule has 0 saturated heterocycles. The molecule has 0 spiro atoms. The summed E-state index contributed by atoms with van der Waals surface area (Å²) in [5.74, 6) is 0.